The number of likely N-dealkylation sites (tertiary alicyclic amines) is 2. The van der Waals surface area contributed by atoms with Crippen molar-refractivity contribution in [1.29, 1.82) is 0 Å². The number of anilines is 2. The van der Waals surface area contributed by atoms with Crippen molar-refractivity contribution in [3.63, 3.8) is 0 Å². The number of nitrogens with one attached hydrogen (secondary N) is 4. The van der Waals surface area contributed by atoms with Crippen molar-refractivity contribution < 1.29 is 92.8 Å². The van der Waals surface area contributed by atoms with Gasteiger partial charge in [-0.05, 0) is 97.6 Å². The van der Waals surface area contributed by atoms with Crippen LogP contribution in [0.1, 0.15) is 124 Å². The number of piperidine rings is 2. The van der Waals surface area contributed by atoms with Gasteiger partial charge >= 0.3 is 41.5 Å². The number of nitrogen functional groups attached to an aromatic ring is 2. The minimum Gasteiger partial charge on any atom is -0.870 e. The Labute approximate surface area is 646 Å². The standard InChI is InChI=1S/C39H52N8O6.C38H50N8O6.Na.H2O/c1-3-4-15-29(23-33(48)31(21-27-13-9-6-10-14-27)45-35(50)30(40)20-26-11-7-5-8-12-26)34(49)46-32(22-28-24-43-38(41)44-25-28)36(51)47-18-16-39(42,17-19-47)37(52)53-2;1-2-3-14-28(22-32(47)30(20-26-12-8-5-9-13-26)44-34(49)29(39)19-25-10-6-4-7-11-25)33(48)45-31(21-27-23-42-37(40)43-24-27)35(50)46-17-15-38(41,16-18-46)36(51)52;;/h5-14,24-25,29-32H,3-4,15-23,40,42H2,1-2H3,(H,45,50)(H,46,49)(H2,41,43,44);4-13,23-24,28-31H,2-3,14-22,39,41H2,1H3,(H,44,49)(H,45,48)(H,51,52)(H2,40,42,43);;1H2/q;;+1;/p-1/t29-,30+,31+,32+;28-,29+,30+,31+;;/m00../s1. The van der Waals surface area contributed by atoms with E-state index in [1.807, 2.05) is 135 Å². The molecule has 0 aliphatic carbocycles. The summed E-state index contributed by atoms with van der Waals surface area (Å²) in [5.41, 5.74) is 38.1. The van der Waals surface area contributed by atoms with E-state index in [0.717, 1.165) is 35.1 Å². The number of ether oxygens (including phenoxy) is 1. The predicted molar refractivity (Wildman–Crippen MR) is 397 cm³/mol. The number of Topliss-reactive ketones (excluding diaryl/α,β-unsaturated/α-hetero) is 2. The first-order chi connectivity index (χ1) is 50.3. The topological polar surface area (TPSA) is 492 Å². The third-order valence-corrected chi connectivity index (χ3v) is 19.2. The Balaban J connectivity index is 0.000000377. The zero-order valence-electron chi connectivity index (χ0n) is 61.6. The summed E-state index contributed by atoms with van der Waals surface area (Å²) in [5, 5.41) is 21.1. The molecule has 8 atom stereocenters. The van der Waals surface area contributed by atoms with E-state index in [1.54, 1.807) is 4.90 Å². The summed E-state index contributed by atoms with van der Waals surface area (Å²) in [4.78, 5) is 154. The number of carboxylic acid groups (broad SMARTS) is 1. The number of nitrogens with two attached hydrogens (primary N) is 6. The molecule has 2 aliphatic heterocycles. The van der Waals surface area contributed by atoms with Crippen molar-refractivity contribution >= 4 is 70.8 Å². The molecule has 6 amide bonds. The number of hydrogen-bond donors (Lipinski definition) is 11. The first-order valence-electron chi connectivity index (χ1n) is 35.8. The molecule has 0 spiro atoms. The van der Waals surface area contributed by atoms with E-state index in [4.69, 9.17) is 39.1 Å². The van der Waals surface area contributed by atoms with Gasteiger partial charge < -0.3 is 80.8 Å². The fourth-order valence-corrected chi connectivity index (χ4v) is 12.7. The fourth-order valence-electron chi connectivity index (χ4n) is 12.7. The first-order valence-corrected chi connectivity index (χ1v) is 35.8. The van der Waals surface area contributed by atoms with Crippen molar-refractivity contribution in [2.75, 3.05) is 44.8 Å². The Kier molecular flexibility index (Phi) is 36.2. The summed E-state index contributed by atoms with van der Waals surface area (Å²) in [6.07, 6.45) is 10.8. The smallest absolute Gasteiger partial charge is 0.870 e. The normalized spacial score (nSPS) is 15.8. The van der Waals surface area contributed by atoms with Gasteiger partial charge in [0.25, 0.3) is 0 Å². The quantitative estimate of drug-likeness (QED) is 0.0182. The zero-order chi connectivity index (χ0) is 76.1. The Morgan fingerprint density at radius 1 is 0.458 bits per heavy atom. The van der Waals surface area contributed by atoms with Gasteiger partial charge in [-0.25, -0.2) is 19.9 Å². The maximum Gasteiger partial charge on any atom is 1.00 e. The Bertz CT molecular complexity index is 3820. The van der Waals surface area contributed by atoms with Gasteiger partial charge in [0.1, 0.15) is 23.2 Å². The van der Waals surface area contributed by atoms with Crippen molar-refractivity contribution in [3.8, 4) is 0 Å². The number of rotatable bonds is 36. The molecule has 4 aromatic carbocycles. The number of carbonyl (C=O) groups is 10. The van der Waals surface area contributed by atoms with Crippen molar-refractivity contribution in [3.05, 3.63) is 179 Å². The molecular formula is C77H103N16NaO13. The summed E-state index contributed by atoms with van der Waals surface area (Å²) >= 11 is 0. The van der Waals surface area contributed by atoms with Crippen LogP contribution < -0.4 is 85.2 Å². The van der Waals surface area contributed by atoms with E-state index >= 15 is 0 Å². The molecule has 570 valence electrons. The van der Waals surface area contributed by atoms with Gasteiger partial charge in [-0.2, -0.15) is 0 Å². The van der Waals surface area contributed by atoms with Gasteiger partial charge in [0.15, 0.2) is 11.6 Å². The number of hydrogen-bond acceptors (Lipinski definition) is 22. The molecule has 107 heavy (non-hydrogen) atoms. The molecule has 8 rings (SSSR count). The second kappa shape index (κ2) is 44.0. The minimum atomic E-state index is -1.44. The molecule has 0 saturated carbocycles. The number of benzene rings is 4. The SMILES string of the molecule is CCCC[C@@H](CC(=O)[C@@H](Cc1ccccc1)NC(=O)[C@H](N)Cc1ccccc1)C(=O)N[C@H](Cc1cnc(N)nc1)C(=O)N1CCC(N)(C(=O)O)CC1.CCCC[C@@H](CC(=O)[C@@H](Cc1ccccc1)NC(=O)[C@H](N)Cc1ccccc1)C(=O)N[C@H](Cc1cnc(N)nc1)C(=O)N1CCC(N)(C(=O)OC)CC1.[Na+].[OH-]. The van der Waals surface area contributed by atoms with Crippen molar-refractivity contribution in [2.45, 2.75) is 177 Å². The molecule has 0 bridgehead atoms. The summed E-state index contributed by atoms with van der Waals surface area (Å²) in [5.74, 6) is -6.49. The number of methoxy groups -OCH3 is 1. The number of aromatic nitrogens is 4. The molecular weight excluding hydrogens is 1380 g/mol. The van der Waals surface area contributed by atoms with Crippen LogP contribution in [-0.4, -0.2) is 180 Å². The summed E-state index contributed by atoms with van der Waals surface area (Å²) in [7, 11) is 1.27. The van der Waals surface area contributed by atoms with Crippen molar-refractivity contribution in [2.24, 2.45) is 34.8 Å². The zero-order valence-corrected chi connectivity index (χ0v) is 63.6. The average molecular weight is 1480 g/mol. The summed E-state index contributed by atoms with van der Waals surface area (Å²) in [6, 6.07) is 31.5. The number of ketones is 2. The van der Waals surface area contributed by atoms with Crippen LogP contribution in [0.3, 0.4) is 0 Å². The van der Waals surface area contributed by atoms with Crippen LogP contribution in [0.25, 0.3) is 0 Å². The molecule has 2 aromatic heterocycles. The molecule has 18 N–H and O–H groups in total. The number of carbonyl (C=O) groups excluding carboxylic acids is 9. The second-order valence-electron chi connectivity index (χ2n) is 27.3. The third kappa shape index (κ3) is 27.7. The van der Waals surface area contributed by atoms with E-state index in [2.05, 4.69) is 41.2 Å². The van der Waals surface area contributed by atoms with Gasteiger partial charge in [0.2, 0.25) is 47.3 Å². The number of aliphatic carboxylic acids is 1. The van der Waals surface area contributed by atoms with Crippen LogP contribution in [0.4, 0.5) is 11.9 Å². The van der Waals surface area contributed by atoms with Gasteiger partial charge in [0, 0.05) is 88.5 Å². The number of unbranched alkanes of at least 4 members (excludes halogenated alkanes) is 2. The van der Waals surface area contributed by atoms with Gasteiger partial charge in [-0.1, -0.05) is 161 Å². The van der Waals surface area contributed by atoms with E-state index < -0.39 is 101 Å². The molecule has 4 heterocycles. The molecule has 0 unspecified atom stereocenters. The molecule has 2 saturated heterocycles. The van der Waals surface area contributed by atoms with Crippen LogP contribution in [-0.2, 0) is 91.2 Å². The van der Waals surface area contributed by atoms with Crippen molar-refractivity contribution in [1.82, 2.24) is 51.0 Å². The largest absolute Gasteiger partial charge is 1.00 e. The minimum absolute atomic E-state index is 0. The van der Waals surface area contributed by atoms with E-state index in [0.29, 0.717) is 43.2 Å². The monoisotopic (exact) mass is 1480 g/mol. The van der Waals surface area contributed by atoms with Gasteiger partial charge in [-0.3, -0.25) is 47.9 Å². The molecule has 2 aliphatic rings. The molecule has 30 heteroatoms. The number of esters is 1. The number of carboxylic acids is 1. The van der Waals surface area contributed by atoms with E-state index in [-0.39, 0.29) is 161 Å². The molecule has 0 radical (unpaired) electrons. The maximum atomic E-state index is 14.1. The summed E-state index contributed by atoms with van der Waals surface area (Å²) < 4.78 is 4.87. The summed E-state index contributed by atoms with van der Waals surface area (Å²) in [6.45, 7) is 4.51. The Morgan fingerprint density at radius 3 is 1.05 bits per heavy atom. The van der Waals surface area contributed by atoms with E-state index in [1.165, 1.54) is 36.8 Å². The number of amides is 6. The average Bonchev–Trinajstić information content (AvgIpc) is 0.822. The van der Waals surface area contributed by atoms with Crippen LogP contribution in [0, 0.1) is 11.8 Å². The Morgan fingerprint density at radius 2 is 0.748 bits per heavy atom. The molecule has 29 nitrogen and oxygen atoms in total. The van der Waals surface area contributed by atoms with Crippen LogP contribution in [0.2, 0.25) is 0 Å². The molecule has 2 fully saturated rings. The van der Waals surface area contributed by atoms with Crippen LogP contribution >= 0.6 is 0 Å². The third-order valence-electron chi connectivity index (χ3n) is 19.2. The second-order valence-corrected chi connectivity index (χ2v) is 27.3. The van der Waals surface area contributed by atoms with Crippen LogP contribution in [0.5, 0.6) is 0 Å². The predicted octanol–water partition coefficient (Wildman–Crippen LogP) is 0.0230. The fraction of sp³-hybridized carbons (Fsp3) is 0.455. The molecule has 6 aromatic rings. The first kappa shape index (κ1) is 88.2. The van der Waals surface area contributed by atoms with Gasteiger partial charge in [-0.15, -0.1) is 0 Å². The Hall–Kier alpha value is -9.46. The van der Waals surface area contributed by atoms with Crippen LogP contribution in [0.15, 0.2) is 146 Å². The van der Waals surface area contributed by atoms with Gasteiger partial charge in [0.05, 0.1) is 31.3 Å². The van der Waals surface area contributed by atoms with E-state index in [9.17, 15) is 53.1 Å². The number of nitrogens with zero attached hydrogens (tertiary/aromatic N) is 6. The maximum absolute atomic E-state index is 14.1.